The Balaban J connectivity index is 4.09. The Labute approximate surface area is 92.3 Å². The van der Waals surface area contributed by atoms with Crippen molar-refractivity contribution in [2.45, 2.75) is 32.7 Å². The molecule has 0 heterocycles. The van der Waals surface area contributed by atoms with E-state index in [1.807, 2.05) is 0 Å². The third-order valence-corrected chi connectivity index (χ3v) is 2.39. The van der Waals surface area contributed by atoms with Gasteiger partial charge in [0.2, 0.25) is 0 Å². The van der Waals surface area contributed by atoms with Crippen LogP contribution in [0.15, 0.2) is 0 Å². The molecular formula is C11H23NO3. The van der Waals surface area contributed by atoms with Gasteiger partial charge in [-0.3, -0.25) is 4.79 Å². The Hall–Kier alpha value is -0.610. The number of carbonyl (C=O) groups excluding carboxylic acids is 1. The second-order valence-corrected chi connectivity index (χ2v) is 3.77. The molecule has 4 heteroatoms. The molecule has 0 rings (SSSR count). The summed E-state index contributed by atoms with van der Waals surface area (Å²) in [7, 11) is 3.09. The van der Waals surface area contributed by atoms with Crippen LogP contribution in [0.5, 0.6) is 0 Å². The van der Waals surface area contributed by atoms with E-state index >= 15 is 0 Å². The first kappa shape index (κ1) is 14.4. The predicted octanol–water partition coefficient (Wildman–Crippen LogP) is 1.20. The normalized spacial score (nSPS) is 14.7. The fraction of sp³-hybridized carbons (Fsp3) is 0.909. The summed E-state index contributed by atoms with van der Waals surface area (Å²) in [6.07, 6.45) is 1.46. The van der Waals surface area contributed by atoms with Gasteiger partial charge in [0.1, 0.15) is 0 Å². The number of rotatable bonds is 8. The van der Waals surface area contributed by atoms with Crippen molar-refractivity contribution in [2.24, 2.45) is 5.92 Å². The van der Waals surface area contributed by atoms with E-state index in [4.69, 9.17) is 4.74 Å². The van der Waals surface area contributed by atoms with E-state index in [-0.39, 0.29) is 12.0 Å². The molecule has 15 heavy (non-hydrogen) atoms. The monoisotopic (exact) mass is 217 g/mol. The molecule has 0 aromatic carbocycles. The maximum absolute atomic E-state index is 11.2. The highest BCUT2D eigenvalue weighted by molar-refractivity contribution is 5.69. The van der Waals surface area contributed by atoms with Crippen LogP contribution >= 0.6 is 0 Å². The van der Waals surface area contributed by atoms with Crippen LogP contribution < -0.4 is 5.32 Å². The molecule has 0 aliphatic carbocycles. The van der Waals surface area contributed by atoms with Gasteiger partial charge in [0.25, 0.3) is 0 Å². The van der Waals surface area contributed by atoms with Crippen molar-refractivity contribution >= 4 is 5.97 Å². The number of hydrogen-bond donors (Lipinski definition) is 1. The summed E-state index contributed by atoms with van der Waals surface area (Å²) in [5.41, 5.74) is 0. The number of esters is 1. The number of methoxy groups -OCH3 is 2. The second kappa shape index (κ2) is 8.68. The van der Waals surface area contributed by atoms with Gasteiger partial charge in [0.15, 0.2) is 0 Å². The topological polar surface area (TPSA) is 47.6 Å². The summed E-state index contributed by atoms with van der Waals surface area (Å²) in [6.45, 7) is 5.73. The van der Waals surface area contributed by atoms with Crippen molar-refractivity contribution in [3.05, 3.63) is 0 Å². The van der Waals surface area contributed by atoms with Crippen LogP contribution in [0.3, 0.4) is 0 Å². The lowest BCUT2D eigenvalue weighted by Crippen LogP contribution is -2.39. The molecule has 0 fully saturated rings. The molecule has 2 atom stereocenters. The summed E-state index contributed by atoms with van der Waals surface area (Å²) in [4.78, 5) is 11.2. The molecule has 0 spiro atoms. The quantitative estimate of drug-likeness (QED) is 0.621. The van der Waals surface area contributed by atoms with Crippen molar-refractivity contribution in [2.75, 3.05) is 27.4 Å². The maximum atomic E-state index is 11.2. The molecule has 0 saturated carbocycles. The molecule has 1 N–H and O–H groups in total. The Morgan fingerprint density at radius 3 is 2.53 bits per heavy atom. The number of hydrogen-bond acceptors (Lipinski definition) is 4. The summed E-state index contributed by atoms with van der Waals surface area (Å²) >= 11 is 0. The smallest absolute Gasteiger partial charge is 0.307 e. The van der Waals surface area contributed by atoms with Crippen LogP contribution in [-0.2, 0) is 14.3 Å². The Morgan fingerprint density at radius 1 is 1.40 bits per heavy atom. The highest BCUT2D eigenvalue weighted by Gasteiger charge is 2.20. The zero-order chi connectivity index (χ0) is 11.7. The van der Waals surface area contributed by atoms with E-state index < -0.39 is 0 Å². The summed E-state index contributed by atoms with van der Waals surface area (Å²) in [6, 6.07) is 0.136. The van der Waals surface area contributed by atoms with E-state index in [2.05, 4.69) is 23.9 Å². The SMILES string of the molecule is CCCNC(CC(=O)OC)C(C)COC. The molecular weight excluding hydrogens is 194 g/mol. The first-order valence-electron chi connectivity index (χ1n) is 5.44. The van der Waals surface area contributed by atoms with E-state index in [0.717, 1.165) is 13.0 Å². The molecule has 0 aromatic rings. The summed E-state index contributed by atoms with van der Waals surface area (Å²) in [5, 5.41) is 3.34. The molecule has 0 aromatic heterocycles. The molecule has 0 amide bonds. The van der Waals surface area contributed by atoms with Gasteiger partial charge in [-0.25, -0.2) is 0 Å². The maximum Gasteiger partial charge on any atom is 0.307 e. The van der Waals surface area contributed by atoms with E-state index in [1.54, 1.807) is 7.11 Å². The van der Waals surface area contributed by atoms with Crippen LogP contribution in [0, 0.1) is 5.92 Å². The fourth-order valence-corrected chi connectivity index (χ4v) is 1.45. The minimum atomic E-state index is -0.174. The minimum absolute atomic E-state index is 0.136. The van der Waals surface area contributed by atoms with Gasteiger partial charge in [0, 0.05) is 13.2 Å². The van der Waals surface area contributed by atoms with Crippen molar-refractivity contribution in [1.29, 1.82) is 0 Å². The lowest BCUT2D eigenvalue weighted by molar-refractivity contribution is -0.141. The van der Waals surface area contributed by atoms with Gasteiger partial charge in [-0.2, -0.15) is 0 Å². The van der Waals surface area contributed by atoms with Crippen LogP contribution in [0.25, 0.3) is 0 Å². The van der Waals surface area contributed by atoms with Gasteiger partial charge in [-0.1, -0.05) is 13.8 Å². The third kappa shape index (κ3) is 6.47. The number of nitrogens with one attached hydrogen (secondary N) is 1. The lowest BCUT2D eigenvalue weighted by atomic mass is 9.99. The lowest BCUT2D eigenvalue weighted by Gasteiger charge is -2.23. The third-order valence-electron chi connectivity index (χ3n) is 2.39. The van der Waals surface area contributed by atoms with Crippen LogP contribution in [0.2, 0.25) is 0 Å². The molecule has 0 saturated heterocycles. The molecule has 2 unspecified atom stereocenters. The Kier molecular flexibility index (Phi) is 8.33. The number of carbonyl (C=O) groups is 1. The molecule has 0 aliphatic rings. The van der Waals surface area contributed by atoms with Gasteiger partial charge in [0.05, 0.1) is 20.1 Å². The highest BCUT2D eigenvalue weighted by Crippen LogP contribution is 2.08. The van der Waals surface area contributed by atoms with Gasteiger partial charge in [-0.15, -0.1) is 0 Å². The zero-order valence-electron chi connectivity index (χ0n) is 10.2. The Morgan fingerprint density at radius 2 is 2.07 bits per heavy atom. The largest absolute Gasteiger partial charge is 0.469 e. The van der Waals surface area contributed by atoms with E-state index in [1.165, 1.54) is 7.11 Å². The molecule has 0 aliphatic heterocycles. The van der Waals surface area contributed by atoms with Crippen LogP contribution in [0.1, 0.15) is 26.7 Å². The first-order valence-corrected chi connectivity index (χ1v) is 5.44. The second-order valence-electron chi connectivity index (χ2n) is 3.77. The average Bonchev–Trinajstić information content (AvgIpc) is 2.24. The van der Waals surface area contributed by atoms with Gasteiger partial charge < -0.3 is 14.8 Å². The molecule has 0 radical (unpaired) electrons. The molecule has 4 nitrogen and oxygen atoms in total. The average molecular weight is 217 g/mol. The van der Waals surface area contributed by atoms with E-state index in [9.17, 15) is 4.79 Å². The van der Waals surface area contributed by atoms with Crippen LogP contribution in [0.4, 0.5) is 0 Å². The minimum Gasteiger partial charge on any atom is -0.469 e. The van der Waals surface area contributed by atoms with Crippen LogP contribution in [-0.4, -0.2) is 39.4 Å². The molecule has 90 valence electrons. The van der Waals surface area contributed by atoms with Crippen molar-refractivity contribution in [3.63, 3.8) is 0 Å². The first-order chi connectivity index (χ1) is 7.15. The number of ether oxygens (including phenoxy) is 2. The Bertz CT molecular complexity index is 173. The van der Waals surface area contributed by atoms with Crippen molar-refractivity contribution in [1.82, 2.24) is 5.32 Å². The predicted molar refractivity (Wildman–Crippen MR) is 59.8 cm³/mol. The fourth-order valence-electron chi connectivity index (χ4n) is 1.45. The highest BCUT2D eigenvalue weighted by atomic mass is 16.5. The van der Waals surface area contributed by atoms with Gasteiger partial charge in [-0.05, 0) is 18.9 Å². The summed E-state index contributed by atoms with van der Waals surface area (Å²) < 4.78 is 9.76. The standard InChI is InChI=1S/C11H23NO3/c1-5-6-12-10(7-11(13)15-4)9(2)8-14-3/h9-10,12H,5-8H2,1-4H3. The zero-order valence-corrected chi connectivity index (χ0v) is 10.2. The molecule has 0 bridgehead atoms. The van der Waals surface area contributed by atoms with Gasteiger partial charge >= 0.3 is 5.97 Å². The summed E-state index contributed by atoms with van der Waals surface area (Å²) in [5.74, 6) is 0.132. The van der Waals surface area contributed by atoms with E-state index in [0.29, 0.717) is 18.9 Å². The van der Waals surface area contributed by atoms with Crippen molar-refractivity contribution < 1.29 is 14.3 Å². The van der Waals surface area contributed by atoms with Crippen molar-refractivity contribution in [3.8, 4) is 0 Å².